The van der Waals surface area contributed by atoms with E-state index in [9.17, 15) is 13.2 Å². The highest BCUT2D eigenvalue weighted by atomic mass is 19.4. The predicted octanol–water partition coefficient (Wildman–Crippen LogP) is 4.09. The first-order valence-corrected chi connectivity index (χ1v) is 14.1. The summed E-state index contributed by atoms with van der Waals surface area (Å²) in [6.45, 7) is 3.21. The molecule has 0 saturated heterocycles. The molecule has 4 aromatic rings. The molecule has 4 heterocycles. The monoisotopic (exact) mass is 546 g/mol. The van der Waals surface area contributed by atoms with Crippen molar-refractivity contribution in [2.75, 3.05) is 7.11 Å². The van der Waals surface area contributed by atoms with Crippen molar-refractivity contribution < 1.29 is 17.9 Å². The molecule has 9 nitrogen and oxygen atoms in total. The third-order valence-corrected chi connectivity index (χ3v) is 11.7. The van der Waals surface area contributed by atoms with Gasteiger partial charge in [0.15, 0.2) is 17.2 Å². The number of fused-ring (bicyclic) bond motifs is 1. The minimum Gasteiger partial charge on any atom is -0.480 e. The van der Waals surface area contributed by atoms with Gasteiger partial charge in [0.2, 0.25) is 5.88 Å². The van der Waals surface area contributed by atoms with Crippen LogP contribution >= 0.6 is 0 Å². The molecule has 0 amide bonds. The summed E-state index contributed by atoms with van der Waals surface area (Å²) in [5, 5.41) is 5.60. The zero-order chi connectivity index (χ0) is 26.9. The molecule has 7 fully saturated rings. The Labute approximate surface area is 226 Å². The molecule has 0 N–H and O–H groups in total. The molecule has 0 aromatic carbocycles. The number of aryl methyl sites for hydroxylation is 1. The number of hydrogen-bond donors (Lipinski definition) is 0. The summed E-state index contributed by atoms with van der Waals surface area (Å²) in [7, 11) is 1.60. The van der Waals surface area contributed by atoms with Gasteiger partial charge in [-0.25, -0.2) is 29.6 Å². The van der Waals surface area contributed by atoms with E-state index in [-0.39, 0.29) is 10.8 Å². The lowest BCUT2D eigenvalue weighted by atomic mass is 8.92. The standard InChI is InChI=1S/C28H25F3N8O/c1-3-38-8-13(28(29,30)31)36-25(38)27-18-15-19(27)17-20(27)16(18)26(15,17)9-39-23-12(7-35-39)6-32-22(37-23)14-21(11-4-5-11)33-10-34-24(14)40-2/h6-8,10-11,15-20H,3-5,9H2,1-2H3. The fourth-order valence-electron chi connectivity index (χ4n) is 10.4. The molecule has 7 aliphatic rings. The van der Waals surface area contributed by atoms with Gasteiger partial charge >= 0.3 is 6.18 Å². The van der Waals surface area contributed by atoms with Gasteiger partial charge in [-0.2, -0.15) is 18.3 Å². The minimum atomic E-state index is -4.41. The van der Waals surface area contributed by atoms with Crippen molar-refractivity contribution in [1.82, 2.24) is 39.3 Å². The molecule has 0 atom stereocenters. The first-order valence-electron chi connectivity index (χ1n) is 14.1. The van der Waals surface area contributed by atoms with Crippen LogP contribution in [0, 0.1) is 40.9 Å². The summed E-state index contributed by atoms with van der Waals surface area (Å²) in [6, 6.07) is 0. The molecule has 12 heteroatoms. The van der Waals surface area contributed by atoms with E-state index in [4.69, 9.17) is 14.8 Å². The second-order valence-electron chi connectivity index (χ2n) is 12.6. The minimum absolute atomic E-state index is 0.119. The smallest absolute Gasteiger partial charge is 0.434 e. The zero-order valence-corrected chi connectivity index (χ0v) is 21.8. The lowest BCUT2D eigenvalue weighted by molar-refractivity contribution is -0.632. The molecule has 0 bridgehead atoms. The summed E-state index contributed by atoms with van der Waals surface area (Å²) in [5.74, 6) is 5.12. The largest absolute Gasteiger partial charge is 0.480 e. The van der Waals surface area contributed by atoms with E-state index in [1.807, 2.05) is 24.0 Å². The van der Waals surface area contributed by atoms with Crippen molar-refractivity contribution in [2.45, 2.75) is 50.4 Å². The van der Waals surface area contributed by atoms with Crippen LogP contribution in [0.4, 0.5) is 13.2 Å². The average molecular weight is 547 g/mol. The van der Waals surface area contributed by atoms with Crippen molar-refractivity contribution >= 4 is 11.0 Å². The Balaban J connectivity index is 0.978. The second kappa shape index (κ2) is 6.49. The van der Waals surface area contributed by atoms with Gasteiger partial charge in [0.05, 0.1) is 24.4 Å². The number of imidazole rings is 1. The number of methoxy groups -OCH3 is 1. The van der Waals surface area contributed by atoms with Gasteiger partial charge in [-0.15, -0.1) is 0 Å². The fourth-order valence-corrected chi connectivity index (χ4v) is 10.4. The Morgan fingerprint density at radius 3 is 2.40 bits per heavy atom. The number of alkyl halides is 3. The normalized spacial score (nSPS) is 37.2. The molecule has 4 aromatic heterocycles. The molecule has 0 aliphatic heterocycles. The number of ether oxygens (including phenoxy) is 1. The topological polar surface area (TPSA) is 96.4 Å². The first-order chi connectivity index (χ1) is 19.4. The Bertz CT molecular complexity index is 1730. The third-order valence-electron chi connectivity index (χ3n) is 11.7. The molecule has 0 unspecified atom stereocenters. The van der Waals surface area contributed by atoms with Crippen LogP contribution in [-0.4, -0.2) is 46.4 Å². The van der Waals surface area contributed by atoms with Crippen LogP contribution in [-0.2, 0) is 24.7 Å². The predicted molar refractivity (Wildman–Crippen MR) is 133 cm³/mol. The maximum absolute atomic E-state index is 13.5. The molecule has 11 rings (SSSR count). The van der Waals surface area contributed by atoms with E-state index in [2.05, 4.69) is 19.9 Å². The third kappa shape index (κ3) is 2.07. The maximum Gasteiger partial charge on any atom is 0.434 e. The number of rotatable bonds is 7. The van der Waals surface area contributed by atoms with Gasteiger partial charge in [0.25, 0.3) is 0 Å². The van der Waals surface area contributed by atoms with Crippen molar-refractivity contribution in [2.24, 2.45) is 40.9 Å². The number of nitrogens with zero attached hydrogens (tertiary/aromatic N) is 8. The van der Waals surface area contributed by atoms with Crippen molar-refractivity contribution in [3.8, 4) is 17.3 Å². The van der Waals surface area contributed by atoms with Crippen LogP contribution in [0.25, 0.3) is 22.4 Å². The number of aromatic nitrogens is 8. The van der Waals surface area contributed by atoms with Crippen LogP contribution in [0.1, 0.15) is 42.9 Å². The van der Waals surface area contributed by atoms with Gasteiger partial charge in [-0.1, -0.05) is 0 Å². The van der Waals surface area contributed by atoms with Gasteiger partial charge in [-0.05, 0) is 55.3 Å². The second-order valence-corrected chi connectivity index (χ2v) is 12.6. The van der Waals surface area contributed by atoms with Crippen molar-refractivity contribution in [3.05, 3.63) is 42.1 Å². The Morgan fingerprint density at radius 1 is 1.00 bits per heavy atom. The lowest BCUT2D eigenvalue weighted by Gasteiger charge is -3.11. The molecular formula is C28H25F3N8O. The molecule has 204 valence electrons. The highest BCUT2D eigenvalue weighted by Gasteiger charge is 3.10. The van der Waals surface area contributed by atoms with Gasteiger partial charge in [0, 0.05) is 42.2 Å². The molecule has 0 spiro atoms. The average Bonchev–Trinajstić information content (AvgIpc) is 3.59. The first kappa shape index (κ1) is 22.2. The Morgan fingerprint density at radius 2 is 1.75 bits per heavy atom. The van der Waals surface area contributed by atoms with Gasteiger partial charge < -0.3 is 9.30 Å². The highest BCUT2D eigenvalue weighted by Crippen LogP contribution is 3.10. The van der Waals surface area contributed by atoms with Gasteiger partial charge in [0.1, 0.15) is 17.7 Å². The van der Waals surface area contributed by atoms with Crippen LogP contribution in [0.3, 0.4) is 0 Å². The summed E-state index contributed by atoms with van der Waals surface area (Å²) in [4.78, 5) is 22.7. The molecule has 7 saturated carbocycles. The quantitative estimate of drug-likeness (QED) is 0.345. The maximum atomic E-state index is 13.5. The SMILES string of the molecule is CCn1cc(C(F)(F)F)nc1C12C3C4C1C1C2C3C41Cn1ncc2cnc(-c3c(OC)ncnc3C3CC3)nc21. The number of hydrogen-bond acceptors (Lipinski definition) is 7. The van der Waals surface area contributed by atoms with E-state index < -0.39 is 11.9 Å². The summed E-state index contributed by atoms with van der Waals surface area (Å²) in [5.41, 5.74) is 1.81. The van der Waals surface area contributed by atoms with Crippen LogP contribution in [0.2, 0.25) is 0 Å². The fraction of sp³-hybridized carbons (Fsp3) is 0.571. The van der Waals surface area contributed by atoms with Crippen molar-refractivity contribution in [3.63, 3.8) is 0 Å². The van der Waals surface area contributed by atoms with E-state index in [1.165, 1.54) is 12.5 Å². The summed E-state index contributed by atoms with van der Waals surface area (Å²) >= 11 is 0. The van der Waals surface area contributed by atoms with E-state index in [0.717, 1.165) is 41.7 Å². The van der Waals surface area contributed by atoms with E-state index in [0.29, 0.717) is 65.5 Å². The van der Waals surface area contributed by atoms with Gasteiger partial charge in [-0.3, -0.25) is 0 Å². The summed E-state index contributed by atoms with van der Waals surface area (Å²) < 4.78 is 49.8. The molecule has 7 aliphatic carbocycles. The van der Waals surface area contributed by atoms with Crippen LogP contribution in [0.5, 0.6) is 5.88 Å². The molecule has 0 radical (unpaired) electrons. The molecular weight excluding hydrogens is 521 g/mol. The molecule has 40 heavy (non-hydrogen) atoms. The van der Waals surface area contributed by atoms with E-state index in [1.54, 1.807) is 11.7 Å². The van der Waals surface area contributed by atoms with E-state index >= 15 is 0 Å². The van der Waals surface area contributed by atoms with Crippen LogP contribution in [0.15, 0.2) is 24.9 Å². The zero-order valence-electron chi connectivity index (χ0n) is 21.8. The highest BCUT2D eigenvalue weighted by molar-refractivity contribution is 5.77. The summed E-state index contributed by atoms with van der Waals surface area (Å²) in [6.07, 6.45) is 4.13. The lowest BCUT2D eigenvalue weighted by Crippen LogP contribution is -3.11. The Kier molecular flexibility index (Phi) is 3.60. The van der Waals surface area contributed by atoms with Crippen LogP contribution < -0.4 is 4.74 Å². The number of halogens is 3. The Hall–Kier alpha value is -3.57. The van der Waals surface area contributed by atoms with Crippen molar-refractivity contribution in [1.29, 1.82) is 0 Å².